The van der Waals surface area contributed by atoms with Crippen LogP contribution in [-0.4, -0.2) is 32.1 Å². The highest BCUT2D eigenvalue weighted by atomic mass is 16.1. The van der Waals surface area contributed by atoms with E-state index in [-0.39, 0.29) is 5.91 Å². The third kappa shape index (κ3) is 5.04. The number of nitrogens with zero attached hydrogens (tertiary/aromatic N) is 1. The van der Waals surface area contributed by atoms with E-state index in [1.165, 1.54) is 11.3 Å². The molecule has 1 heterocycles. The molecule has 148 valence electrons. The molecule has 29 heavy (non-hydrogen) atoms. The number of nitrogens with one attached hydrogen (secondary N) is 2. The lowest BCUT2D eigenvalue weighted by Gasteiger charge is -2.33. The van der Waals surface area contributed by atoms with Crippen molar-refractivity contribution in [2.75, 3.05) is 36.4 Å². The normalized spacial score (nSPS) is 14.6. The zero-order valence-corrected chi connectivity index (χ0v) is 16.9. The highest BCUT2D eigenvalue weighted by Gasteiger charge is 2.20. The van der Waals surface area contributed by atoms with Crippen molar-refractivity contribution in [2.45, 2.75) is 13.5 Å². The molecule has 1 aliphatic rings. The quantitative estimate of drug-likeness (QED) is 0.707. The molecule has 0 saturated carbocycles. The van der Waals surface area contributed by atoms with Gasteiger partial charge in [0.05, 0.1) is 26.2 Å². The highest BCUT2D eigenvalue weighted by molar-refractivity contribution is 6.04. The Morgan fingerprint density at radius 1 is 0.931 bits per heavy atom. The Labute approximate surface area is 172 Å². The number of carbonyl (C=O) groups excluding carboxylic acids is 1. The van der Waals surface area contributed by atoms with E-state index in [0.29, 0.717) is 5.56 Å². The third-order valence-electron chi connectivity index (χ3n) is 5.54. The summed E-state index contributed by atoms with van der Waals surface area (Å²) in [6.07, 6.45) is 0. The van der Waals surface area contributed by atoms with Crippen molar-refractivity contribution in [2.24, 2.45) is 0 Å². The summed E-state index contributed by atoms with van der Waals surface area (Å²) >= 11 is 0. The molecule has 1 amide bonds. The molecule has 0 atom stereocenters. The average molecular weight is 387 g/mol. The molecule has 4 rings (SSSR count). The van der Waals surface area contributed by atoms with E-state index < -0.39 is 0 Å². The Morgan fingerprint density at radius 2 is 1.66 bits per heavy atom. The Kier molecular flexibility index (Phi) is 5.92. The Morgan fingerprint density at radius 3 is 2.34 bits per heavy atom. The van der Waals surface area contributed by atoms with Gasteiger partial charge in [-0.1, -0.05) is 48.0 Å². The lowest BCUT2D eigenvalue weighted by atomic mass is 10.1. The molecule has 2 N–H and O–H groups in total. The summed E-state index contributed by atoms with van der Waals surface area (Å²) in [5, 5.41) is 2.99. The van der Waals surface area contributed by atoms with Gasteiger partial charge in [0.25, 0.3) is 5.91 Å². The molecule has 0 radical (unpaired) electrons. The zero-order chi connectivity index (χ0) is 20.1. The number of benzene rings is 3. The second kappa shape index (κ2) is 8.93. The van der Waals surface area contributed by atoms with Gasteiger partial charge in [0, 0.05) is 22.5 Å². The smallest absolute Gasteiger partial charge is 0.255 e. The van der Waals surface area contributed by atoms with E-state index in [0.717, 1.165) is 44.0 Å². The van der Waals surface area contributed by atoms with Crippen LogP contribution in [0.1, 0.15) is 21.5 Å². The summed E-state index contributed by atoms with van der Waals surface area (Å²) in [7, 11) is 0. The summed E-state index contributed by atoms with van der Waals surface area (Å²) in [5.74, 6) is -0.0698. The fourth-order valence-corrected chi connectivity index (χ4v) is 3.89. The molecule has 4 heteroatoms. The summed E-state index contributed by atoms with van der Waals surface area (Å²) < 4.78 is 0. The SMILES string of the molecule is Cc1cccc(C(=O)Nc2ccc(N3CC[NH+](Cc4ccccc4)CC3)cc2)c1. The maximum atomic E-state index is 12.4. The van der Waals surface area contributed by atoms with Crippen LogP contribution in [0.5, 0.6) is 0 Å². The van der Waals surface area contributed by atoms with Gasteiger partial charge < -0.3 is 15.1 Å². The monoisotopic (exact) mass is 386 g/mol. The van der Waals surface area contributed by atoms with E-state index in [4.69, 9.17) is 0 Å². The first-order valence-electron chi connectivity index (χ1n) is 10.3. The number of anilines is 2. The van der Waals surface area contributed by atoms with E-state index in [1.54, 1.807) is 4.90 Å². The molecule has 4 nitrogen and oxygen atoms in total. The van der Waals surface area contributed by atoms with Crippen LogP contribution in [-0.2, 0) is 6.54 Å². The van der Waals surface area contributed by atoms with Gasteiger partial charge in [-0.2, -0.15) is 0 Å². The van der Waals surface area contributed by atoms with Crippen molar-refractivity contribution in [3.05, 3.63) is 95.6 Å². The number of hydrogen-bond acceptors (Lipinski definition) is 2. The van der Waals surface area contributed by atoms with Crippen LogP contribution in [0.2, 0.25) is 0 Å². The number of hydrogen-bond donors (Lipinski definition) is 2. The average Bonchev–Trinajstić information content (AvgIpc) is 2.76. The largest absolute Gasteiger partial charge is 0.360 e. The summed E-state index contributed by atoms with van der Waals surface area (Å²) in [6.45, 7) is 7.47. The van der Waals surface area contributed by atoms with Gasteiger partial charge in [0.2, 0.25) is 0 Å². The second-order valence-corrected chi connectivity index (χ2v) is 7.77. The summed E-state index contributed by atoms with van der Waals surface area (Å²) in [5.41, 5.74) is 5.23. The number of rotatable bonds is 5. The number of carbonyl (C=O) groups is 1. The van der Waals surface area contributed by atoms with Gasteiger partial charge in [0.15, 0.2) is 0 Å². The molecule has 0 spiro atoms. The molecule has 1 fully saturated rings. The summed E-state index contributed by atoms with van der Waals surface area (Å²) in [6, 6.07) is 26.6. The minimum absolute atomic E-state index is 0.0698. The van der Waals surface area contributed by atoms with Crippen molar-refractivity contribution < 1.29 is 9.69 Å². The molecule has 1 saturated heterocycles. The zero-order valence-electron chi connectivity index (χ0n) is 16.9. The van der Waals surface area contributed by atoms with E-state index in [9.17, 15) is 4.79 Å². The standard InChI is InChI=1S/C25H27N3O/c1-20-6-5-9-22(18-20)25(29)26-23-10-12-24(13-11-23)28-16-14-27(15-17-28)19-21-7-3-2-4-8-21/h2-13,18H,14-17,19H2,1H3,(H,26,29)/p+1. The van der Waals surface area contributed by atoms with Crippen LogP contribution >= 0.6 is 0 Å². The first kappa shape index (κ1) is 19.2. The second-order valence-electron chi connectivity index (χ2n) is 7.77. The van der Waals surface area contributed by atoms with E-state index >= 15 is 0 Å². The van der Waals surface area contributed by atoms with Crippen LogP contribution in [0.25, 0.3) is 0 Å². The number of quaternary nitrogens is 1. The van der Waals surface area contributed by atoms with Crippen LogP contribution in [0.15, 0.2) is 78.9 Å². The van der Waals surface area contributed by atoms with E-state index in [1.807, 2.05) is 43.3 Å². The van der Waals surface area contributed by atoms with Crippen molar-refractivity contribution in [3.8, 4) is 0 Å². The molecule has 3 aromatic rings. The van der Waals surface area contributed by atoms with Gasteiger partial charge >= 0.3 is 0 Å². The molecule has 0 unspecified atom stereocenters. The number of piperazine rings is 1. The Balaban J connectivity index is 1.31. The molecule has 0 bridgehead atoms. The molecule has 0 aliphatic carbocycles. The minimum atomic E-state index is -0.0698. The molecular weight excluding hydrogens is 358 g/mol. The Bertz CT molecular complexity index is 945. The van der Waals surface area contributed by atoms with Crippen molar-refractivity contribution in [1.29, 1.82) is 0 Å². The van der Waals surface area contributed by atoms with Crippen LogP contribution in [0.4, 0.5) is 11.4 Å². The van der Waals surface area contributed by atoms with Gasteiger partial charge in [-0.25, -0.2) is 0 Å². The maximum absolute atomic E-state index is 12.4. The van der Waals surface area contributed by atoms with E-state index in [2.05, 4.69) is 52.7 Å². The molecule has 0 aromatic heterocycles. The van der Waals surface area contributed by atoms with Crippen molar-refractivity contribution in [3.63, 3.8) is 0 Å². The first-order chi connectivity index (χ1) is 14.2. The maximum Gasteiger partial charge on any atom is 0.255 e. The van der Waals surface area contributed by atoms with Gasteiger partial charge in [-0.15, -0.1) is 0 Å². The topological polar surface area (TPSA) is 36.8 Å². The fourth-order valence-electron chi connectivity index (χ4n) is 3.89. The number of aryl methyl sites for hydroxylation is 1. The Hall–Kier alpha value is -3.11. The molecule has 1 aliphatic heterocycles. The fraction of sp³-hybridized carbons (Fsp3) is 0.240. The number of amides is 1. The van der Waals surface area contributed by atoms with Crippen LogP contribution in [0.3, 0.4) is 0 Å². The lowest BCUT2D eigenvalue weighted by Crippen LogP contribution is -3.13. The van der Waals surface area contributed by atoms with Crippen LogP contribution < -0.4 is 15.1 Å². The van der Waals surface area contributed by atoms with Gasteiger partial charge in [0.1, 0.15) is 6.54 Å². The minimum Gasteiger partial charge on any atom is -0.360 e. The predicted molar refractivity (Wildman–Crippen MR) is 119 cm³/mol. The first-order valence-corrected chi connectivity index (χ1v) is 10.3. The molecular formula is C25H28N3O+. The third-order valence-corrected chi connectivity index (χ3v) is 5.54. The lowest BCUT2D eigenvalue weighted by molar-refractivity contribution is -0.914. The van der Waals surface area contributed by atoms with Crippen LogP contribution in [0, 0.1) is 6.92 Å². The highest BCUT2D eigenvalue weighted by Crippen LogP contribution is 2.19. The summed E-state index contributed by atoms with van der Waals surface area (Å²) in [4.78, 5) is 16.5. The van der Waals surface area contributed by atoms with Crippen molar-refractivity contribution >= 4 is 17.3 Å². The predicted octanol–water partition coefficient (Wildman–Crippen LogP) is 3.15. The van der Waals surface area contributed by atoms with Gasteiger partial charge in [-0.3, -0.25) is 4.79 Å². The van der Waals surface area contributed by atoms with Gasteiger partial charge in [-0.05, 0) is 43.3 Å². The molecule has 3 aromatic carbocycles. The van der Waals surface area contributed by atoms with Crippen molar-refractivity contribution in [1.82, 2.24) is 0 Å².